The summed E-state index contributed by atoms with van der Waals surface area (Å²) in [5.74, 6) is 0.334. The fourth-order valence-electron chi connectivity index (χ4n) is 1.28. The van der Waals surface area contributed by atoms with Gasteiger partial charge in [-0.3, -0.25) is 0 Å². The van der Waals surface area contributed by atoms with Crippen LogP contribution < -0.4 is 5.19 Å². The minimum atomic E-state index is -1.08. The second-order valence-electron chi connectivity index (χ2n) is 3.27. The molecule has 3 nitrogen and oxygen atoms in total. The minimum Gasteiger partial charge on any atom is -0.508 e. The Bertz CT molecular complexity index is 291. The lowest BCUT2D eigenvalue weighted by atomic mass is 10.3. The zero-order chi connectivity index (χ0) is 11.1. The van der Waals surface area contributed by atoms with Gasteiger partial charge in [0.2, 0.25) is 9.04 Å². The number of rotatable bonds is 6. The lowest BCUT2D eigenvalue weighted by molar-refractivity contribution is 0.173. The molecule has 0 heterocycles. The lowest BCUT2D eigenvalue weighted by Gasteiger charge is -2.12. The van der Waals surface area contributed by atoms with Crippen molar-refractivity contribution in [2.75, 3.05) is 20.3 Å². The molecule has 0 aliphatic carbocycles. The second kappa shape index (κ2) is 6.61. The fourth-order valence-corrected chi connectivity index (χ4v) is 2.66. The summed E-state index contributed by atoms with van der Waals surface area (Å²) in [4.78, 5) is 0. The van der Waals surface area contributed by atoms with E-state index in [-0.39, 0.29) is 0 Å². The molecule has 0 fully saturated rings. The number of phenols is 1. The molecule has 1 radical (unpaired) electrons. The Morgan fingerprint density at radius 1 is 1.27 bits per heavy atom. The first-order chi connectivity index (χ1) is 7.25. The van der Waals surface area contributed by atoms with Crippen LogP contribution in [0.15, 0.2) is 24.3 Å². The standard InChI is InChI=1S/C11H17O3Si/c1-13-8-5-9-14-15(2)11-7-4-3-6-10(11)12/h3-4,6-7,12H,5,8-9H2,1-2H3. The number of benzene rings is 1. The Morgan fingerprint density at radius 3 is 2.67 bits per heavy atom. The van der Waals surface area contributed by atoms with Crippen LogP contribution in [0.3, 0.4) is 0 Å². The zero-order valence-corrected chi connectivity index (χ0v) is 10.2. The van der Waals surface area contributed by atoms with Gasteiger partial charge in [0.1, 0.15) is 5.75 Å². The van der Waals surface area contributed by atoms with E-state index in [4.69, 9.17) is 9.16 Å². The number of aromatic hydroxyl groups is 1. The van der Waals surface area contributed by atoms with Crippen molar-refractivity contribution in [3.63, 3.8) is 0 Å². The predicted octanol–water partition coefficient (Wildman–Crippen LogP) is 1.27. The third-order valence-corrected chi connectivity index (χ3v) is 3.91. The Hall–Kier alpha value is -0.843. The van der Waals surface area contributed by atoms with Gasteiger partial charge in [-0.1, -0.05) is 18.2 Å². The van der Waals surface area contributed by atoms with Crippen molar-refractivity contribution in [3.05, 3.63) is 24.3 Å². The summed E-state index contributed by atoms with van der Waals surface area (Å²) in [6, 6.07) is 7.35. The highest BCUT2D eigenvalue weighted by Crippen LogP contribution is 2.05. The summed E-state index contributed by atoms with van der Waals surface area (Å²) in [6.07, 6.45) is 0.895. The van der Waals surface area contributed by atoms with Crippen molar-refractivity contribution in [1.82, 2.24) is 0 Å². The number of phenolic OH excluding ortho intramolecular Hbond substituents is 1. The van der Waals surface area contributed by atoms with E-state index in [2.05, 4.69) is 0 Å². The van der Waals surface area contributed by atoms with E-state index in [0.29, 0.717) is 12.4 Å². The molecular formula is C11H17O3Si. The lowest BCUT2D eigenvalue weighted by Crippen LogP contribution is -2.30. The molecule has 15 heavy (non-hydrogen) atoms. The van der Waals surface area contributed by atoms with Gasteiger partial charge in [-0.25, -0.2) is 0 Å². The highest BCUT2D eigenvalue weighted by Gasteiger charge is 2.12. The fraction of sp³-hybridized carbons (Fsp3) is 0.455. The first-order valence-corrected chi connectivity index (χ1v) is 6.90. The van der Waals surface area contributed by atoms with Crippen molar-refractivity contribution in [2.24, 2.45) is 0 Å². The predicted molar refractivity (Wildman–Crippen MR) is 61.8 cm³/mol. The minimum absolute atomic E-state index is 0.334. The van der Waals surface area contributed by atoms with Gasteiger partial charge >= 0.3 is 0 Å². The van der Waals surface area contributed by atoms with Crippen LogP contribution in [0.5, 0.6) is 5.75 Å². The van der Waals surface area contributed by atoms with Gasteiger partial charge in [0.15, 0.2) is 0 Å². The Morgan fingerprint density at radius 2 is 2.00 bits per heavy atom. The van der Waals surface area contributed by atoms with Crippen LogP contribution in [-0.4, -0.2) is 34.5 Å². The van der Waals surface area contributed by atoms with Gasteiger partial charge in [0.25, 0.3) is 0 Å². The molecule has 0 spiro atoms. The number of hydrogen-bond donors (Lipinski definition) is 1. The number of para-hydroxylation sites is 1. The third-order valence-electron chi connectivity index (χ3n) is 2.09. The number of methoxy groups -OCH3 is 1. The van der Waals surface area contributed by atoms with Crippen LogP contribution in [0.25, 0.3) is 0 Å². The molecule has 1 aromatic carbocycles. The van der Waals surface area contributed by atoms with Gasteiger partial charge in [0.05, 0.1) is 0 Å². The summed E-state index contributed by atoms with van der Waals surface area (Å²) in [7, 11) is 0.598. The van der Waals surface area contributed by atoms with E-state index in [9.17, 15) is 5.11 Å². The smallest absolute Gasteiger partial charge is 0.247 e. The van der Waals surface area contributed by atoms with Crippen molar-refractivity contribution in [2.45, 2.75) is 13.0 Å². The van der Waals surface area contributed by atoms with Crippen LogP contribution in [0, 0.1) is 0 Å². The van der Waals surface area contributed by atoms with Crippen LogP contribution in [0.1, 0.15) is 6.42 Å². The van der Waals surface area contributed by atoms with Crippen molar-refractivity contribution in [1.29, 1.82) is 0 Å². The Balaban J connectivity index is 2.40. The molecule has 0 atom stereocenters. The molecular weight excluding hydrogens is 208 g/mol. The van der Waals surface area contributed by atoms with E-state index in [0.717, 1.165) is 18.2 Å². The summed E-state index contributed by atoms with van der Waals surface area (Å²) in [5.41, 5.74) is 0. The molecule has 0 aromatic heterocycles. The molecule has 0 saturated carbocycles. The summed E-state index contributed by atoms with van der Waals surface area (Å²) in [6.45, 7) is 3.44. The molecule has 4 heteroatoms. The maximum Gasteiger partial charge on any atom is 0.247 e. The van der Waals surface area contributed by atoms with Crippen LogP contribution in [-0.2, 0) is 9.16 Å². The molecule has 0 unspecified atom stereocenters. The first kappa shape index (κ1) is 12.2. The van der Waals surface area contributed by atoms with Crippen molar-refractivity contribution in [3.8, 4) is 5.75 Å². The highest BCUT2D eigenvalue weighted by atomic mass is 28.3. The van der Waals surface area contributed by atoms with Crippen LogP contribution >= 0.6 is 0 Å². The van der Waals surface area contributed by atoms with Crippen molar-refractivity contribution >= 4 is 14.2 Å². The van der Waals surface area contributed by atoms with E-state index in [1.54, 1.807) is 13.2 Å². The van der Waals surface area contributed by atoms with Crippen molar-refractivity contribution < 1.29 is 14.3 Å². The maximum absolute atomic E-state index is 9.60. The molecule has 0 aliphatic heterocycles. The van der Waals surface area contributed by atoms with Crippen LogP contribution in [0.4, 0.5) is 0 Å². The molecule has 0 bridgehead atoms. The summed E-state index contributed by atoms with van der Waals surface area (Å²) < 4.78 is 10.6. The zero-order valence-electron chi connectivity index (χ0n) is 9.19. The van der Waals surface area contributed by atoms with E-state index in [1.165, 1.54) is 0 Å². The Kier molecular flexibility index (Phi) is 5.38. The van der Waals surface area contributed by atoms with Gasteiger partial charge in [0, 0.05) is 25.5 Å². The highest BCUT2D eigenvalue weighted by molar-refractivity contribution is 6.67. The molecule has 0 saturated heterocycles. The Labute approximate surface area is 92.4 Å². The van der Waals surface area contributed by atoms with Crippen LogP contribution in [0.2, 0.25) is 6.55 Å². The van der Waals surface area contributed by atoms with Gasteiger partial charge in [-0.05, 0) is 19.0 Å². The number of hydrogen-bond acceptors (Lipinski definition) is 3. The first-order valence-electron chi connectivity index (χ1n) is 4.99. The average Bonchev–Trinajstić information content (AvgIpc) is 2.25. The maximum atomic E-state index is 9.60. The largest absolute Gasteiger partial charge is 0.508 e. The van der Waals surface area contributed by atoms with Gasteiger partial charge in [-0.15, -0.1) is 0 Å². The van der Waals surface area contributed by atoms with E-state index >= 15 is 0 Å². The van der Waals surface area contributed by atoms with E-state index < -0.39 is 9.04 Å². The SMILES string of the molecule is COCCCO[Si](C)c1ccccc1O. The molecule has 1 aromatic rings. The molecule has 0 amide bonds. The topological polar surface area (TPSA) is 38.7 Å². The van der Waals surface area contributed by atoms with E-state index in [1.807, 2.05) is 24.7 Å². The van der Waals surface area contributed by atoms with Gasteiger partial charge < -0.3 is 14.3 Å². The molecule has 1 N–H and O–H groups in total. The normalized spacial score (nSPS) is 10.9. The number of ether oxygens (including phenoxy) is 1. The second-order valence-corrected chi connectivity index (χ2v) is 5.21. The summed E-state index contributed by atoms with van der Waals surface area (Å²) >= 11 is 0. The molecule has 83 valence electrons. The molecule has 1 rings (SSSR count). The molecule has 0 aliphatic rings. The van der Waals surface area contributed by atoms with Gasteiger partial charge in [-0.2, -0.15) is 0 Å². The third kappa shape index (κ3) is 4.03. The quantitative estimate of drug-likeness (QED) is 0.585. The average molecular weight is 225 g/mol. The monoisotopic (exact) mass is 225 g/mol. The summed E-state index contributed by atoms with van der Waals surface area (Å²) in [5, 5.41) is 10.5.